The van der Waals surface area contributed by atoms with Gasteiger partial charge < -0.3 is 10.6 Å². The number of hydrogen-bond donors (Lipinski definition) is 1. The first-order valence-electron chi connectivity index (χ1n) is 11.6. The minimum Gasteiger partial charge on any atom is -0.385 e. The van der Waals surface area contributed by atoms with Crippen LogP contribution < -0.4 is 21.9 Å². The Bertz CT molecular complexity index is 1190. The fourth-order valence-electron chi connectivity index (χ4n) is 4.68. The molecule has 1 aliphatic rings. The van der Waals surface area contributed by atoms with Crippen LogP contribution in [0.1, 0.15) is 31.0 Å². The Labute approximate surface area is 194 Å². The second kappa shape index (κ2) is 9.67. The predicted molar refractivity (Wildman–Crippen MR) is 134 cm³/mol. The molecule has 1 aliphatic heterocycles. The van der Waals surface area contributed by atoms with E-state index in [1.165, 1.54) is 10.3 Å². The van der Waals surface area contributed by atoms with Crippen LogP contribution in [0.5, 0.6) is 0 Å². The van der Waals surface area contributed by atoms with E-state index in [0.717, 1.165) is 31.7 Å². The molecule has 2 N–H and O–H groups in total. The van der Waals surface area contributed by atoms with E-state index in [9.17, 15) is 9.59 Å². The van der Waals surface area contributed by atoms with Crippen molar-refractivity contribution in [3.05, 3.63) is 92.6 Å². The Hall–Kier alpha value is -3.32. The van der Waals surface area contributed by atoms with Gasteiger partial charge in [0.25, 0.3) is 5.56 Å². The third kappa shape index (κ3) is 4.59. The lowest BCUT2D eigenvalue weighted by Crippen LogP contribution is -2.50. The first-order chi connectivity index (χ1) is 15.9. The molecule has 1 aromatic heterocycles. The van der Waals surface area contributed by atoms with Crippen molar-refractivity contribution in [3.63, 3.8) is 0 Å². The van der Waals surface area contributed by atoms with Gasteiger partial charge in [-0.15, -0.1) is 0 Å². The van der Waals surface area contributed by atoms with Gasteiger partial charge in [0.05, 0.1) is 11.6 Å². The highest BCUT2D eigenvalue weighted by Crippen LogP contribution is 2.31. The first kappa shape index (κ1) is 22.9. The van der Waals surface area contributed by atoms with Crippen LogP contribution in [0.4, 0.5) is 11.5 Å². The van der Waals surface area contributed by atoms with Crippen LogP contribution in [0.25, 0.3) is 0 Å². The van der Waals surface area contributed by atoms with E-state index in [4.69, 9.17) is 5.73 Å². The number of para-hydroxylation sites is 1. The quantitative estimate of drug-likeness (QED) is 0.629. The van der Waals surface area contributed by atoms with E-state index >= 15 is 0 Å². The number of rotatable bonds is 6. The normalized spacial score (nSPS) is 15.7. The minimum absolute atomic E-state index is 0.222. The van der Waals surface area contributed by atoms with Crippen LogP contribution in [0.3, 0.4) is 0 Å². The van der Waals surface area contributed by atoms with E-state index < -0.39 is 0 Å². The smallest absolute Gasteiger partial charge is 0.332 e. The molecule has 0 saturated carbocycles. The van der Waals surface area contributed by atoms with Gasteiger partial charge in [-0.1, -0.05) is 62.4 Å². The summed E-state index contributed by atoms with van der Waals surface area (Å²) in [6.45, 7) is 7.79. The van der Waals surface area contributed by atoms with Gasteiger partial charge in [-0.3, -0.25) is 18.8 Å². The maximum Gasteiger partial charge on any atom is 0.332 e. The van der Waals surface area contributed by atoms with Crippen LogP contribution in [0.15, 0.2) is 70.3 Å². The molecule has 0 amide bonds. The summed E-state index contributed by atoms with van der Waals surface area (Å²) in [6.07, 6.45) is 0. The monoisotopic (exact) mass is 447 g/mol. The Balaban J connectivity index is 1.77. The molecule has 3 aromatic rings. The molecule has 7 heteroatoms. The molecule has 0 radical (unpaired) electrons. The average Bonchev–Trinajstić information content (AvgIpc) is 2.84. The van der Waals surface area contributed by atoms with Crippen molar-refractivity contribution in [3.8, 4) is 0 Å². The van der Waals surface area contributed by atoms with E-state index in [-0.39, 0.29) is 29.0 Å². The molecule has 0 spiro atoms. The summed E-state index contributed by atoms with van der Waals surface area (Å²) in [5.41, 5.74) is 8.58. The predicted octanol–water partition coefficient (Wildman–Crippen LogP) is 2.70. The van der Waals surface area contributed by atoms with Crippen LogP contribution in [0.2, 0.25) is 0 Å². The van der Waals surface area contributed by atoms with Gasteiger partial charge in [0.2, 0.25) is 0 Å². The summed E-state index contributed by atoms with van der Waals surface area (Å²) in [4.78, 5) is 31.0. The molecule has 4 rings (SSSR count). The summed E-state index contributed by atoms with van der Waals surface area (Å²) in [6, 6.07) is 20.1. The fourth-order valence-corrected chi connectivity index (χ4v) is 4.68. The third-order valence-corrected chi connectivity index (χ3v) is 6.36. The Kier molecular flexibility index (Phi) is 6.70. The molecule has 33 heavy (non-hydrogen) atoms. The summed E-state index contributed by atoms with van der Waals surface area (Å²) in [5, 5.41) is 0. The number of piperazine rings is 1. The molecule has 1 fully saturated rings. The second-order valence-electron chi connectivity index (χ2n) is 9.12. The number of nitrogens with zero attached hydrogens (tertiary/aromatic N) is 4. The standard InChI is InChI=1S/C26H33N5O2/c1-19(2)18-31-24(27)22(25(32)28(3)26(31)33)23(20-10-6-4-7-11-20)30-16-14-29(15-17-30)21-12-8-5-9-13-21/h4-13,19,23H,14-18,27H2,1-3H3. The molecule has 1 saturated heterocycles. The highest BCUT2D eigenvalue weighted by molar-refractivity contribution is 5.48. The number of aromatic nitrogens is 2. The van der Waals surface area contributed by atoms with E-state index in [1.54, 1.807) is 11.6 Å². The molecule has 1 atom stereocenters. The van der Waals surface area contributed by atoms with Crippen molar-refractivity contribution in [1.82, 2.24) is 14.0 Å². The lowest BCUT2D eigenvalue weighted by molar-refractivity contribution is 0.210. The number of benzene rings is 2. The van der Waals surface area contributed by atoms with E-state index in [2.05, 4.69) is 34.1 Å². The average molecular weight is 448 g/mol. The zero-order chi connectivity index (χ0) is 23.5. The van der Waals surface area contributed by atoms with Gasteiger partial charge in [-0.25, -0.2) is 4.79 Å². The van der Waals surface area contributed by atoms with Crippen LogP contribution >= 0.6 is 0 Å². The number of nitrogen functional groups attached to an aromatic ring is 1. The molecule has 2 heterocycles. The highest BCUT2D eigenvalue weighted by Gasteiger charge is 2.32. The third-order valence-electron chi connectivity index (χ3n) is 6.36. The molecule has 1 unspecified atom stereocenters. The molecular weight excluding hydrogens is 414 g/mol. The Morgan fingerprint density at radius 1 is 0.879 bits per heavy atom. The van der Waals surface area contributed by atoms with Crippen molar-refractivity contribution in [1.29, 1.82) is 0 Å². The minimum atomic E-state index is -0.365. The van der Waals surface area contributed by atoms with Gasteiger partial charge >= 0.3 is 5.69 Å². The summed E-state index contributed by atoms with van der Waals surface area (Å²) in [5.74, 6) is 0.496. The fraction of sp³-hybridized carbons (Fsp3) is 0.385. The van der Waals surface area contributed by atoms with Crippen LogP contribution in [-0.2, 0) is 13.6 Å². The number of anilines is 2. The van der Waals surface area contributed by atoms with Crippen molar-refractivity contribution in [2.24, 2.45) is 13.0 Å². The van der Waals surface area contributed by atoms with Crippen LogP contribution in [0, 0.1) is 5.92 Å². The van der Waals surface area contributed by atoms with Crippen molar-refractivity contribution in [2.75, 3.05) is 36.8 Å². The Morgan fingerprint density at radius 2 is 1.45 bits per heavy atom. The SMILES string of the molecule is CC(C)Cn1c(N)c(C(c2ccccc2)N2CCN(c3ccccc3)CC2)c(=O)n(C)c1=O. The van der Waals surface area contributed by atoms with Gasteiger partial charge in [0.1, 0.15) is 5.82 Å². The van der Waals surface area contributed by atoms with Crippen LogP contribution in [-0.4, -0.2) is 40.2 Å². The van der Waals surface area contributed by atoms with E-state index in [0.29, 0.717) is 12.1 Å². The molecule has 0 bridgehead atoms. The lowest BCUT2D eigenvalue weighted by atomic mass is 9.97. The molecule has 7 nitrogen and oxygen atoms in total. The zero-order valence-electron chi connectivity index (χ0n) is 19.6. The first-order valence-corrected chi connectivity index (χ1v) is 11.6. The van der Waals surface area contributed by atoms with E-state index in [1.807, 2.05) is 50.2 Å². The second-order valence-corrected chi connectivity index (χ2v) is 9.12. The van der Waals surface area contributed by atoms with Gasteiger partial charge in [0, 0.05) is 45.5 Å². The van der Waals surface area contributed by atoms with Gasteiger partial charge in [0.15, 0.2) is 0 Å². The largest absolute Gasteiger partial charge is 0.385 e. The maximum atomic E-state index is 13.4. The molecule has 174 valence electrons. The lowest BCUT2D eigenvalue weighted by Gasteiger charge is -2.40. The summed E-state index contributed by atoms with van der Waals surface area (Å²) in [7, 11) is 1.54. The number of hydrogen-bond acceptors (Lipinski definition) is 5. The van der Waals surface area contributed by atoms with Crippen molar-refractivity contribution < 1.29 is 0 Å². The van der Waals surface area contributed by atoms with Crippen molar-refractivity contribution in [2.45, 2.75) is 26.4 Å². The highest BCUT2D eigenvalue weighted by atomic mass is 16.2. The Morgan fingerprint density at radius 3 is 2.03 bits per heavy atom. The number of nitrogens with two attached hydrogens (primary N) is 1. The maximum absolute atomic E-state index is 13.4. The molecular formula is C26H33N5O2. The molecule has 2 aromatic carbocycles. The zero-order valence-corrected chi connectivity index (χ0v) is 19.6. The van der Waals surface area contributed by atoms with Gasteiger partial charge in [-0.2, -0.15) is 0 Å². The summed E-state index contributed by atoms with van der Waals surface area (Å²) >= 11 is 0. The van der Waals surface area contributed by atoms with Crippen molar-refractivity contribution >= 4 is 11.5 Å². The molecule has 0 aliphatic carbocycles. The van der Waals surface area contributed by atoms with Gasteiger partial charge in [-0.05, 0) is 23.6 Å². The summed E-state index contributed by atoms with van der Waals surface area (Å²) < 4.78 is 2.75. The topological polar surface area (TPSA) is 76.5 Å².